The molecule has 6 heteroatoms. The summed E-state index contributed by atoms with van der Waals surface area (Å²) in [5.41, 5.74) is 1.67. The van der Waals surface area contributed by atoms with E-state index in [9.17, 15) is 8.42 Å². The van der Waals surface area contributed by atoms with Gasteiger partial charge in [0.15, 0.2) is 0 Å². The van der Waals surface area contributed by atoms with E-state index in [-0.39, 0.29) is 11.9 Å². The zero-order chi connectivity index (χ0) is 13.7. The van der Waals surface area contributed by atoms with E-state index < -0.39 is 10.0 Å². The van der Waals surface area contributed by atoms with Gasteiger partial charge in [-0.15, -0.1) is 11.6 Å². The van der Waals surface area contributed by atoms with Crippen molar-refractivity contribution in [1.82, 2.24) is 0 Å². The second-order valence-corrected chi connectivity index (χ2v) is 6.80. The van der Waals surface area contributed by atoms with Gasteiger partial charge in [-0.25, -0.2) is 8.42 Å². The number of anilines is 1. The van der Waals surface area contributed by atoms with Gasteiger partial charge < -0.3 is 4.74 Å². The number of hydrogen-bond acceptors (Lipinski definition) is 3. The zero-order valence-corrected chi connectivity index (χ0v) is 12.2. The van der Waals surface area contributed by atoms with Gasteiger partial charge in [-0.1, -0.05) is 12.1 Å². The standard InChI is InChI=1S/C13H18ClNO3S/c14-8-7-11-3-5-12(6-4-11)15-19(16,17)10-13-2-1-9-18-13/h3-6,13,15H,1-2,7-10H2. The monoisotopic (exact) mass is 303 g/mol. The summed E-state index contributed by atoms with van der Waals surface area (Å²) < 4.78 is 31.8. The third-order valence-electron chi connectivity index (χ3n) is 3.04. The topological polar surface area (TPSA) is 55.4 Å². The molecule has 1 aliphatic heterocycles. The van der Waals surface area contributed by atoms with Crippen LogP contribution in [-0.2, 0) is 21.2 Å². The minimum atomic E-state index is -3.34. The van der Waals surface area contributed by atoms with Crippen LogP contribution in [0.25, 0.3) is 0 Å². The molecule has 0 amide bonds. The molecule has 1 aromatic carbocycles. The lowest BCUT2D eigenvalue weighted by molar-refractivity contribution is 0.127. The molecule has 0 aliphatic carbocycles. The van der Waals surface area contributed by atoms with E-state index in [1.54, 1.807) is 12.1 Å². The predicted molar refractivity (Wildman–Crippen MR) is 77.2 cm³/mol. The molecule has 0 radical (unpaired) electrons. The molecule has 1 N–H and O–H groups in total. The van der Waals surface area contributed by atoms with Crippen LogP contribution < -0.4 is 4.72 Å². The van der Waals surface area contributed by atoms with E-state index in [2.05, 4.69) is 4.72 Å². The molecule has 0 aromatic heterocycles. The first kappa shape index (κ1) is 14.6. The van der Waals surface area contributed by atoms with E-state index in [0.29, 0.717) is 18.2 Å². The predicted octanol–water partition coefficient (Wildman–Crippen LogP) is 2.39. The lowest BCUT2D eigenvalue weighted by Gasteiger charge is -2.12. The molecule has 4 nitrogen and oxygen atoms in total. The van der Waals surface area contributed by atoms with Crippen molar-refractivity contribution >= 4 is 27.3 Å². The Labute approximate surface area is 119 Å². The number of nitrogens with one attached hydrogen (secondary N) is 1. The number of alkyl halides is 1. The van der Waals surface area contributed by atoms with Crippen LogP contribution in [-0.4, -0.2) is 32.8 Å². The second-order valence-electron chi connectivity index (χ2n) is 4.65. The van der Waals surface area contributed by atoms with Crippen molar-refractivity contribution in [1.29, 1.82) is 0 Å². The molecular weight excluding hydrogens is 286 g/mol. The average molecular weight is 304 g/mol. The van der Waals surface area contributed by atoms with Gasteiger partial charge in [0.1, 0.15) is 0 Å². The van der Waals surface area contributed by atoms with Crippen molar-refractivity contribution < 1.29 is 13.2 Å². The third-order valence-corrected chi connectivity index (χ3v) is 4.59. The fourth-order valence-electron chi connectivity index (χ4n) is 2.09. The van der Waals surface area contributed by atoms with E-state index in [4.69, 9.17) is 16.3 Å². The van der Waals surface area contributed by atoms with Crippen LogP contribution in [0, 0.1) is 0 Å². The van der Waals surface area contributed by atoms with Gasteiger partial charge in [0.25, 0.3) is 0 Å². The largest absolute Gasteiger partial charge is 0.377 e. The molecule has 106 valence electrons. The van der Waals surface area contributed by atoms with Crippen molar-refractivity contribution in [3.05, 3.63) is 29.8 Å². The Morgan fingerprint density at radius 3 is 2.63 bits per heavy atom. The van der Waals surface area contributed by atoms with E-state index in [1.807, 2.05) is 12.1 Å². The van der Waals surface area contributed by atoms with Gasteiger partial charge in [-0.2, -0.15) is 0 Å². The third kappa shape index (κ3) is 4.67. The quantitative estimate of drug-likeness (QED) is 0.821. The van der Waals surface area contributed by atoms with E-state index >= 15 is 0 Å². The van der Waals surface area contributed by atoms with Gasteiger partial charge >= 0.3 is 0 Å². The summed E-state index contributed by atoms with van der Waals surface area (Å²) in [4.78, 5) is 0. The normalized spacial score (nSPS) is 19.5. The van der Waals surface area contributed by atoms with Gasteiger partial charge in [0.2, 0.25) is 10.0 Å². The van der Waals surface area contributed by atoms with Crippen LogP contribution >= 0.6 is 11.6 Å². The summed E-state index contributed by atoms with van der Waals surface area (Å²) in [6.07, 6.45) is 2.36. The molecular formula is C13H18ClNO3S. The molecule has 0 bridgehead atoms. The highest BCUT2D eigenvalue weighted by Gasteiger charge is 2.23. The molecule has 1 atom stereocenters. The molecule has 19 heavy (non-hydrogen) atoms. The van der Waals surface area contributed by atoms with Crippen LogP contribution in [0.3, 0.4) is 0 Å². The van der Waals surface area contributed by atoms with Crippen molar-refractivity contribution in [3.8, 4) is 0 Å². The average Bonchev–Trinajstić information content (AvgIpc) is 2.83. The summed E-state index contributed by atoms with van der Waals surface area (Å²) >= 11 is 5.65. The highest BCUT2D eigenvalue weighted by molar-refractivity contribution is 7.92. The lowest BCUT2D eigenvalue weighted by atomic mass is 10.2. The number of ether oxygens (including phenoxy) is 1. The van der Waals surface area contributed by atoms with E-state index in [0.717, 1.165) is 24.8 Å². The van der Waals surface area contributed by atoms with Gasteiger partial charge in [0, 0.05) is 18.2 Å². The van der Waals surface area contributed by atoms with Gasteiger partial charge in [0.05, 0.1) is 11.9 Å². The van der Waals surface area contributed by atoms with Gasteiger partial charge in [-0.05, 0) is 37.0 Å². The summed E-state index contributed by atoms with van der Waals surface area (Å²) in [6.45, 7) is 0.660. The molecule has 1 unspecified atom stereocenters. The zero-order valence-electron chi connectivity index (χ0n) is 10.6. The van der Waals surface area contributed by atoms with Crippen LogP contribution in [0.2, 0.25) is 0 Å². The Balaban J connectivity index is 1.94. The van der Waals surface area contributed by atoms with Crippen molar-refractivity contribution in [2.24, 2.45) is 0 Å². The Bertz CT molecular complexity index is 495. The van der Waals surface area contributed by atoms with Crippen LogP contribution in [0.4, 0.5) is 5.69 Å². The van der Waals surface area contributed by atoms with E-state index in [1.165, 1.54) is 0 Å². The first-order valence-electron chi connectivity index (χ1n) is 6.36. The highest BCUT2D eigenvalue weighted by Crippen LogP contribution is 2.17. The number of hydrogen-bond donors (Lipinski definition) is 1. The first-order valence-corrected chi connectivity index (χ1v) is 8.55. The fourth-order valence-corrected chi connectivity index (χ4v) is 3.64. The summed E-state index contributed by atoms with van der Waals surface area (Å²) in [6, 6.07) is 7.28. The molecule has 2 rings (SSSR count). The Kier molecular flexibility index (Phi) is 5.07. The highest BCUT2D eigenvalue weighted by atomic mass is 35.5. The maximum atomic E-state index is 12.0. The smallest absolute Gasteiger partial charge is 0.235 e. The summed E-state index contributed by atoms with van der Waals surface area (Å²) in [7, 11) is -3.34. The van der Waals surface area contributed by atoms with Crippen molar-refractivity contribution in [2.45, 2.75) is 25.4 Å². The van der Waals surface area contributed by atoms with Gasteiger partial charge in [-0.3, -0.25) is 4.72 Å². The molecule has 0 saturated carbocycles. The molecule has 1 heterocycles. The number of aryl methyl sites for hydroxylation is 1. The maximum Gasteiger partial charge on any atom is 0.235 e. The second kappa shape index (κ2) is 6.59. The molecule has 1 aromatic rings. The molecule has 1 aliphatic rings. The first-order chi connectivity index (χ1) is 9.09. The number of sulfonamides is 1. The fraction of sp³-hybridized carbons (Fsp3) is 0.538. The van der Waals surface area contributed by atoms with Crippen LogP contribution in [0.1, 0.15) is 18.4 Å². The van der Waals surface area contributed by atoms with Crippen molar-refractivity contribution in [3.63, 3.8) is 0 Å². The number of rotatable bonds is 6. The Morgan fingerprint density at radius 2 is 2.05 bits per heavy atom. The Hall–Kier alpha value is -0.780. The SMILES string of the molecule is O=S(=O)(CC1CCCO1)Nc1ccc(CCCl)cc1. The van der Waals surface area contributed by atoms with Crippen LogP contribution in [0.15, 0.2) is 24.3 Å². The Morgan fingerprint density at radius 1 is 1.32 bits per heavy atom. The van der Waals surface area contributed by atoms with Crippen molar-refractivity contribution in [2.75, 3.05) is 23.0 Å². The van der Waals surface area contributed by atoms with Crippen LogP contribution in [0.5, 0.6) is 0 Å². The molecule has 1 saturated heterocycles. The molecule has 0 spiro atoms. The lowest BCUT2D eigenvalue weighted by Crippen LogP contribution is -2.25. The number of benzene rings is 1. The summed E-state index contributed by atoms with van der Waals surface area (Å²) in [5, 5.41) is 0. The minimum absolute atomic E-state index is 0.0242. The molecule has 1 fully saturated rings. The minimum Gasteiger partial charge on any atom is -0.377 e. The summed E-state index contributed by atoms with van der Waals surface area (Å²) in [5.74, 6) is 0.584. The number of halogens is 1. The maximum absolute atomic E-state index is 12.0.